The Morgan fingerprint density at radius 1 is 1.19 bits per heavy atom. The normalized spacial score (nSPS) is 10.6. The zero-order chi connectivity index (χ0) is 20.0. The SMILES string of the molecule is COc1ccc(Cl)cc1CC(=O)OCC(=O)Nc1c(C)cccc1C(C)C. The zero-order valence-corrected chi connectivity index (χ0v) is 16.7. The minimum Gasteiger partial charge on any atom is -0.496 e. The van der Waals surface area contributed by atoms with Crippen LogP contribution in [0, 0.1) is 6.92 Å². The van der Waals surface area contributed by atoms with Gasteiger partial charge in [-0.3, -0.25) is 9.59 Å². The fourth-order valence-corrected chi connectivity index (χ4v) is 2.95. The van der Waals surface area contributed by atoms with Crippen molar-refractivity contribution in [1.29, 1.82) is 0 Å². The molecule has 0 radical (unpaired) electrons. The lowest BCUT2D eigenvalue weighted by atomic mass is 9.98. The first-order valence-corrected chi connectivity index (χ1v) is 9.07. The summed E-state index contributed by atoms with van der Waals surface area (Å²) >= 11 is 5.96. The Hall–Kier alpha value is -2.53. The summed E-state index contributed by atoms with van der Waals surface area (Å²) < 4.78 is 10.3. The molecule has 0 aromatic heterocycles. The number of esters is 1. The Bertz CT molecular complexity index is 833. The van der Waals surface area contributed by atoms with Crippen molar-refractivity contribution in [3.8, 4) is 5.75 Å². The van der Waals surface area contributed by atoms with Crippen LogP contribution in [0.4, 0.5) is 5.69 Å². The molecule has 27 heavy (non-hydrogen) atoms. The van der Waals surface area contributed by atoms with Gasteiger partial charge in [-0.15, -0.1) is 0 Å². The molecule has 0 heterocycles. The van der Waals surface area contributed by atoms with E-state index >= 15 is 0 Å². The number of hydrogen-bond donors (Lipinski definition) is 1. The minimum atomic E-state index is -0.528. The zero-order valence-electron chi connectivity index (χ0n) is 16.0. The predicted octanol–water partition coefficient (Wildman–Crippen LogP) is 4.50. The summed E-state index contributed by atoms with van der Waals surface area (Å²) in [6.07, 6.45) is -0.0291. The van der Waals surface area contributed by atoms with Crippen LogP contribution in [0.2, 0.25) is 5.02 Å². The molecule has 2 aromatic carbocycles. The highest BCUT2D eigenvalue weighted by Crippen LogP contribution is 2.27. The van der Waals surface area contributed by atoms with Gasteiger partial charge in [-0.05, 0) is 42.2 Å². The Balaban J connectivity index is 1.97. The number of hydrogen-bond acceptors (Lipinski definition) is 4. The molecule has 2 aromatic rings. The quantitative estimate of drug-likeness (QED) is 0.708. The van der Waals surface area contributed by atoms with Crippen LogP contribution < -0.4 is 10.1 Å². The van der Waals surface area contributed by atoms with Crippen LogP contribution in [0.5, 0.6) is 5.75 Å². The van der Waals surface area contributed by atoms with E-state index in [-0.39, 0.29) is 24.9 Å². The molecule has 0 aliphatic carbocycles. The van der Waals surface area contributed by atoms with E-state index in [0.717, 1.165) is 16.8 Å². The van der Waals surface area contributed by atoms with Crippen LogP contribution in [-0.2, 0) is 20.7 Å². The summed E-state index contributed by atoms with van der Waals surface area (Å²) in [6.45, 7) is 5.69. The van der Waals surface area contributed by atoms with Gasteiger partial charge in [-0.1, -0.05) is 43.6 Å². The first-order chi connectivity index (χ1) is 12.8. The maximum Gasteiger partial charge on any atom is 0.310 e. The van der Waals surface area contributed by atoms with Gasteiger partial charge in [0, 0.05) is 16.3 Å². The molecule has 0 aliphatic heterocycles. The highest BCUT2D eigenvalue weighted by atomic mass is 35.5. The summed E-state index contributed by atoms with van der Waals surface area (Å²) in [7, 11) is 1.51. The standard InChI is InChI=1S/C21H24ClNO4/c1-13(2)17-7-5-6-14(3)21(17)23-19(24)12-27-20(25)11-15-10-16(22)8-9-18(15)26-4/h5-10,13H,11-12H2,1-4H3,(H,23,24). The summed E-state index contributed by atoms with van der Waals surface area (Å²) in [5.41, 5.74) is 3.38. The van der Waals surface area contributed by atoms with Crippen LogP contribution >= 0.6 is 11.6 Å². The van der Waals surface area contributed by atoms with Crippen LogP contribution in [0.1, 0.15) is 36.5 Å². The van der Waals surface area contributed by atoms with E-state index in [1.54, 1.807) is 18.2 Å². The second kappa shape index (κ2) is 9.42. The molecular weight excluding hydrogens is 366 g/mol. The van der Waals surface area contributed by atoms with E-state index in [9.17, 15) is 9.59 Å². The largest absolute Gasteiger partial charge is 0.496 e. The number of carbonyl (C=O) groups is 2. The topological polar surface area (TPSA) is 64.6 Å². The minimum absolute atomic E-state index is 0.0291. The number of ether oxygens (including phenoxy) is 2. The van der Waals surface area contributed by atoms with E-state index in [2.05, 4.69) is 19.2 Å². The highest BCUT2D eigenvalue weighted by Gasteiger charge is 2.15. The summed E-state index contributed by atoms with van der Waals surface area (Å²) in [5.74, 6) is -0.0995. The van der Waals surface area contributed by atoms with E-state index in [1.165, 1.54) is 7.11 Å². The van der Waals surface area contributed by atoms with Crippen molar-refractivity contribution < 1.29 is 19.1 Å². The maximum absolute atomic E-state index is 12.2. The molecule has 1 N–H and O–H groups in total. The van der Waals surface area contributed by atoms with Crippen LogP contribution in [0.15, 0.2) is 36.4 Å². The first-order valence-electron chi connectivity index (χ1n) is 8.69. The van der Waals surface area contributed by atoms with Crippen molar-refractivity contribution in [2.45, 2.75) is 33.1 Å². The molecule has 0 spiro atoms. The van der Waals surface area contributed by atoms with E-state index in [4.69, 9.17) is 21.1 Å². The van der Waals surface area contributed by atoms with Crippen LogP contribution in [0.25, 0.3) is 0 Å². The summed E-state index contributed by atoms with van der Waals surface area (Å²) in [6, 6.07) is 10.9. The van der Waals surface area contributed by atoms with Crippen molar-refractivity contribution >= 4 is 29.2 Å². The number of rotatable bonds is 7. The Labute approximate surface area is 164 Å². The van der Waals surface area contributed by atoms with Gasteiger partial charge in [0.25, 0.3) is 5.91 Å². The first kappa shape index (κ1) is 20.8. The third-order valence-corrected chi connectivity index (χ3v) is 4.37. The average Bonchev–Trinajstić information content (AvgIpc) is 2.61. The van der Waals surface area contributed by atoms with Crippen molar-refractivity contribution in [3.63, 3.8) is 0 Å². The van der Waals surface area contributed by atoms with E-state index < -0.39 is 5.97 Å². The van der Waals surface area contributed by atoms with E-state index in [0.29, 0.717) is 16.3 Å². The summed E-state index contributed by atoms with van der Waals surface area (Å²) in [4.78, 5) is 24.3. The Morgan fingerprint density at radius 3 is 2.59 bits per heavy atom. The van der Waals surface area contributed by atoms with Gasteiger partial charge in [0.15, 0.2) is 6.61 Å². The predicted molar refractivity (Wildman–Crippen MR) is 107 cm³/mol. The number of aryl methyl sites for hydroxylation is 1. The number of para-hydroxylation sites is 1. The molecule has 144 valence electrons. The smallest absolute Gasteiger partial charge is 0.310 e. The van der Waals surface area contributed by atoms with Crippen molar-refractivity contribution in [2.75, 3.05) is 19.0 Å². The third-order valence-electron chi connectivity index (χ3n) is 4.13. The van der Waals surface area contributed by atoms with Crippen molar-refractivity contribution in [1.82, 2.24) is 0 Å². The molecule has 0 saturated heterocycles. The lowest BCUT2D eigenvalue weighted by Gasteiger charge is -2.16. The molecule has 0 atom stereocenters. The molecule has 0 unspecified atom stereocenters. The molecule has 5 nitrogen and oxygen atoms in total. The molecule has 1 amide bonds. The molecule has 0 aliphatic rings. The number of benzene rings is 2. The van der Waals surface area contributed by atoms with Gasteiger partial charge < -0.3 is 14.8 Å². The number of amides is 1. The van der Waals surface area contributed by atoms with Crippen LogP contribution in [0.3, 0.4) is 0 Å². The van der Waals surface area contributed by atoms with Gasteiger partial charge >= 0.3 is 5.97 Å². The van der Waals surface area contributed by atoms with Gasteiger partial charge in [-0.2, -0.15) is 0 Å². The van der Waals surface area contributed by atoms with E-state index in [1.807, 2.05) is 25.1 Å². The third kappa shape index (κ3) is 5.73. The van der Waals surface area contributed by atoms with Gasteiger partial charge in [0.05, 0.1) is 13.5 Å². The van der Waals surface area contributed by atoms with Crippen molar-refractivity contribution in [2.24, 2.45) is 0 Å². The molecule has 0 fully saturated rings. The van der Waals surface area contributed by atoms with Gasteiger partial charge in [-0.25, -0.2) is 0 Å². The molecule has 6 heteroatoms. The monoisotopic (exact) mass is 389 g/mol. The Morgan fingerprint density at radius 2 is 1.93 bits per heavy atom. The molecule has 0 saturated carbocycles. The number of halogens is 1. The fourth-order valence-electron chi connectivity index (χ4n) is 2.76. The number of nitrogens with one attached hydrogen (secondary N) is 1. The fraction of sp³-hybridized carbons (Fsp3) is 0.333. The Kier molecular flexibility index (Phi) is 7.25. The van der Waals surface area contributed by atoms with Crippen molar-refractivity contribution in [3.05, 3.63) is 58.1 Å². The molecule has 2 rings (SSSR count). The van der Waals surface area contributed by atoms with Crippen LogP contribution in [-0.4, -0.2) is 25.6 Å². The number of anilines is 1. The second-order valence-corrected chi connectivity index (χ2v) is 6.97. The number of carbonyl (C=O) groups excluding carboxylic acids is 2. The lowest BCUT2D eigenvalue weighted by molar-refractivity contribution is -0.146. The lowest BCUT2D eigenvalue weighted by Crippen LogP contribution is -2.23. The van der Waals surface area contributed by atoms with Gasteiger partial charge in [0.2, 0.25) is 0 Å². The van der Waals surface area contributed by atoms with Gasteiger partial charge in [0.1, 0.15) is 5.75 Å². The molecule has 0 bridgehead atoms. The molecular formula is C21H24ClNO4. The highest BCUT2D eigenvalue weighted by molar-refractivity contribution is 6.30. The maximum atomic E-state index is 12.2. The number of methoxy groups -OCH3 is 1. The second-order valence-electron chi connectivity index (χ2n) is 6.54. The summed E-state index contributed by atoms with van der Waals surface area (Å²) in [5, 5.41) is 3.35. The average molecular weight is 390 g/mol.